The summed E-state index contributed by atoms with van der Waals surface area (Å²) in [6.07, 6.45) is 0. The van der Waals surface area contributed by atoms with Crippen LogP contribution in [-0.2, 0) is 6.54 Å². The third-order valence-corrected chi connectivity index (χ3v) is 5.36. The van der Waals surface area contributed by atoms with E-state index in [-0.39, 0.29) is 16.0 Å². The number of hydrogen-bond donors (Lipinski definition) is 0. The molecule has 2 aromatic rings. The maximum Gasteiger partial charge on any atom is 0.269 e. The third-order valence-electron chi connectivity index (χ3n) is 3.68. The van der Waals surface area contributed by atoms with E-state index in [9.17, 15) is 10.1 Å². The van der Waals surface area contributed by atoms with Crippen molar-refractivity contribution in [1.29, 1.82) is 0 Å². The molecular weight excluding hydrogens is 320 g/mol. The largest absolute Gasteiger partial charge is 0.283 e. The highest BCUT2D eigenvalue weighted by Gasteiger charge is 2.28. The normalized spacial score (nSPS) is 18.5. The Morgan fingerprint density at radius 3 is 2.86 bits per heavy atom. The highest BCUT2D eigenvalue weighted by Crippen LogP contribution is 2.40. The number of nitro groups is 1. The third kappa shape index (κ3) is 3.27. The van der Waals surface area contributed by atoms with E-state index in [1.807, 2.05) is 42.1 Å². The summed E-state index contributed by atoms with van der Waals surface area (Å²) < 4.78 is 0. The molecule has 0 aromatic heterocycles. The minimum absolute atomic E-state index is 0.135. The molecule has 4 nitrogen and oxygen atoms in total. The minimum atomic E-state index is -0.346. The van der Waals surface area contributed by atoms with Crippen LogP contribution in [-0.4, -0.2) is 22.1 Å². The Morgan fingerprint density at radius 1 is 1.27 bits per heavy atom. The summed E-state index contributed by atoms with van der Waals surface area (Å²) in [5, 5.41) is 11.8. The van der Waals surface area contributed by atoms with Crippen LogP contribution in [0.3, 0.4) is 0 Å². The minimum Gasteiger partial charge on any atom is -0.283 e. The monoisotopic (exact) mass is 334 g/mol. The van der Waals surface area contributed by atoms with Crippen molar-refractivity contribution in [2.75, 3.05) is 12.3 Å². The molecule has 1 unspecified atom stereocenters. The summed E-state index contributed by atoms with van der Waals surface area (Å²) in [6.45, 7) is 1.70. The highest BCUT2D eigenvalue weighted by atomic mass is 35.5. The molecule has 0 bridgehead atoms. The van der Waals surface area contributed by atoms with Crippen molar-refractivity contribution in [3.8, 4) is 0 Å². The van der Waals surface area contributed by atoms with E-state index in [0.717, 1.165) is 35.0 Å². The van der Waals surface area contributed by atoms with Crippen LogP contribution in [0.1, 0.15) is 16.5 Å². The van der Waals surface area contributed by atoms with E-state index in [2.05, 4.69) is 4.90 Å². The second-order valence-corrected chi connectivity index (χ2v) is 6.73. The van der Waals surface area contributed by atoms with Crippen molar-refractivity contribution in [3.63, 3.8) is 0 Å². The first-order chi connectivity index (χ1) is 10.6. The SMILES string of the molecule is O=[N+]([O-])c1cccc(C2SCCN2Cc2ccccc2Cl)c1. The molecule has 6 heteroatoms. The molecule has 1 aliphatic heterocycles. The van der Waals surface area contributed by atoms with E-state index in [0.29, 0.717) is 0 Å². The number of nitro benzene ring substituents is 1. The van der Waals surface area contributed by atoms with E-state index < -0.39 is 0 Å². The molecule has 0 N–H and O–H groups in total. The van der Waals surface area contributed by atoms with E-state index in [4.69, 9.17) is 11.6 Å². The van der Waals surface area contributed by atoms with Gasteiger partial charge in [-0.2, -0.15) is 0 Å². The van der Waals surface area contributed by atoms with Crippen molar-refractivity contribution < 1.29 is 4.92 Å². The Kier molecular flexibility index (Phi) is 4.66. The van der Waals surface area contributed by atoms with Gasteiger partial charge in [-0.1, -0.05) is 41.9 Å². The maximum atomic E-state index is 11.0. The number of benzene rings is 2. The summed E-state index contributed by atoms with van der Waals surface area (Å²) in [5.74, 6) is 1.01. The van der Waals surface area contributed by atoms with Crippen LogP contribution in [0.5, 0.6) is 0 Å². The fraction of sp³-hybridized carbons (Fsp3) is 0.250. The van der Waals surface area contributed by atoms with Crippen molar-refractivity contribution in [1.82, 2.24) is 4.90 Å². The molecule has 1 saturated heterocycles. The molecule has 0 spiro atoms. The molecular formula is C16H15ClN2O2S. The van der Waals surface area contributed by atoms with Gasteiger partial charge >= 0.3 is 0 Å². The lowest BCUT2D eigenvalue weighted by atomic mass is 10.1. The number of non-ortho nitro benzene ring substituents is 1. The molecule has 0 amide bonds. The molecule has 2 aromatic carbocycles. The van der Waals surface area contributed by atoms with E-state index in [1.165, 1.54) is 6.07 Å². The van der Waals surface area contributed by atoms with Gasteiger partial charge in [-0.3, -0.25) is 15.0 Å². The first kappa shape index (κ1) is 15.3. The summed E-state index contributed by atoms with van der Waals surface area (Å²) in [7, 11) is 0. The topological polar surface area (TPSA) is 46.4 Å². The fourth-order valence-electron chi connectivity index (χ4n) is 2.61. The highest BCUT2D eigenvalue weighted by molar-refractivity contribution is 7.99. The van der Waals surface area contributed by atoms with Crippen LogP contribution in [0.25, 0.3) is 0 Å². The van der Waals surface area contributed by atoms with E-state index in [1.54, 1.807) is 12.1 Å². The number of rotatable bonds is 4. The molecule has 0 aliphatic carbocycles. The summed E-state index contributed by atoms with van der Waals surface area (Å²) in [4.78, 5) is 12.9. The Bertz CT molecular complexity index is 695. The van der Waals surface area contributed by atoms with Gasteiger partial charge in [-0.25, -0.2) is 0 Å². The smallest absolute Gasteiger partial charge is 0.269 e. The van der Waals surface area contributed by atoms with Gasteiger partial charge in [0.2, 0.25) is 0 Å². The zero-order valence-electron chi connectivity index (χ0n) is 11.8. The van der Waals surface area contributed by atoms with Crippen molar-refractivity contribution in [3.05, 3.63) is 74.8 Å². The molecule has 1 aliphatic rings. The molecule has 1 fully saturated rings. The lowest BCUT2D eigenvalue weighted by Gasteiger charge is -2.24. The van der Waals surface area contributed by atoms with Gasteiger partial charge in [0.15, 0.2) is 0 Å². The summed E-state index contributed by atoms with van der Waals surface area (Å²) >= 11 is 8.05. The van der Waals surface area contributed by atoms with Crippen molar-refractivity contribution in [2.45, 2.75) is 11.9 Å². The molecule has 114 valence electrons. The first-order valence-corrected chi connectivity index (χ1v) is 8.41. The van der Waals surface area contributed by atoms with Gasteiger partial charge in [0.25, 0.3) is 5.69 Å². The average Bonchev–Trinajstić information content (AvgIpc) is 2.98. The maximum absolute atomic E-state index is 11.0. The van der Waals surface area contributed by atoms with Gasteiger partial charge in [0, 0.05) is 36.0 Å². The van der Waals surface area contributed by atoms with Gasteiger partial charge in [0.1, 0.15) is 0 Å². The Hall–Kier alpha value is -1.56. The predicted molar refractivity (Wildman–Crippen MR) is 90.2 cm³/mol. The lowest BCUT2D eigenvalue weighted by molar-refractivity contribution is -0.384. The zero-order chi connectivity index (χ0) is 15.5. The number of halogens is 1. The number of thioether (sulfide) groups is 1. The van der Waals surface area contributed by atoms with Crippen LogP contribution in [0.4, 0.5) is 5.69 Å². The van der Waals surface area contributed by atoms with Crippen LogP contribution < -0.4 is 0 Å². The second kappa shape index (κ2) is 6.69. The van der Waals surface area contributed by atoms with Crippen LogP contribution >= 0.6 is 23.4 Å². The summed E-state index contributed by atoms with van der Waals surface area (Å²) in [6, 6.07) is 14.7. The van der Waals surface area contributed by atoms with Gasteiger partial charge < -0.3 is 0 Å². The lowest BCUT2D eigenvalue weighted by Crippen LogP contribution is -2.22. The number of nitrogens with zero attached hydrogens (tertiary/aromatic N) is 2. The molecule has 3 rings (SSSR count). The van der Waals surface area contributed by atoms with Gasteiger partial charge in [-0.05, 0) is 17.2 Å². The molecule has 0 radical (unpaired) electrons. The van der Waals surface area contributed by atoms with Crippen molar-refractivity contribution >= 4 is 29.1 Å². The fourth-order valence-corrected chi connectivity index (χ4v) is 4.10. The van der Waals surface area contributed by atoms with Crippen LogP contribution in [0, 0.1) is 10.1 Å². The van der Waals surface area contributed by atoms with E-state index >= 15 is 0 Å². The number of hydrogen-bond acceptors (Lipinski definition) is 4. The van der Waals surface area contributed by atoms with Crippen LogP contribution in [0.15, 0.2) is 48.5 Å². The molecule has 0 saturated carbocycles. The quantitative estimate of drug-likeness (QED) is 0.610. The Morgan fingerprint density at radius 2 is 2.09 bits per heavy atom. The molecule has 1 atom stereocenters. The molecule has 22 heavy (non-hydrogen) atoms. The second-order valence-electron chi connectivity index (χ2n) is 5.14. The molecule has 1 heterocycles. The van der Waals surface area contributed by atoms with Gasteiger partial charge in [-0.15, -0.1) is 11.8 Å². The average molecular weight is 335 g/mol. The summed E-state index contributed by atoms with van der Waals surface area (Å²) in [5.41, 5.74) is 2.20. The standard InChI is InChI=1S/C16H15ClN2O2S/c17-15-7-2-1-4-13(15)11-18-8-9-22-16(18)12-5-3-6-14(10-12)19(20)21/h1-7,10,16H,8-9,11H2. The van der Waals surface area contributed by atoms with Crippen LogP contribution in [0.2, 0.25) is 5.02 Å². The Labute approximate surface area is 138 Å². The van der Waals surface area contributed by atoms with Crippen molar-refractivity contribution in [2.24, 2.45) is 0 Å². The zero-order valence-corrected chi connectivity index (χ0v) is 13.4. The Balaban J connectivity index is 1.83. The first-order valence-electron chi connectivity index (χ1n) is 6.98. The predicted octanol–water partition coefficient (Wildman–Crippen LogP) is 4.50. The van der Waals surface area contributed by atoms with Gasteiger partial charge in [0.05, 0.1) is 10.3 Å².